The molecule has 0 spiro atoms. The summed E-state index contributed by atoms with van der Waals surface area (Å²) in [6, 6.07) is 1.93. The van der Waals surface area contributed by atoms with Crippen LogP contribution in [-0.4, -0.2) is 38.4 Å². The third kappa shape index (κ3) is 3.28. The molecular weight excluding hydrogens is 283 g/mol. The number of hydrogen-bond donors (Lipinski definition) is 0. The minimum absolute atomic E-state index is 0.264. The molecule has 4 rings (SSSR count). The highest BCUT2D eigenvalue weighted by Crippen LogP contribution is 2.31. The van der Waals surface area contributed by atoms with Crippen LogP contribution >= 0.6 is 0 Å². The van der Waals surface area contributed by atoms with E-state index in [1.165, 1.54) is 0 Å². The van der Waals surface area contributed by atoms with E-state index < -0.39 is 8.07 Å². The van der Waals surface area contributed by atoms with Gasteiger partial charge in [0.15, 0.2) is 5.82 Å². The second-order valence-corrected chi connectivity index (χ2v) is 11.6. The number of anilines is 1. The molecule has 1 aromatic rings. The summed E-state index contributed by atoms with van der Waals surface area (Å²) >= 11 is 0. The van der Waals surface area contributed by atoms with Gasteiger partial charge < -0.3 is 9.64 Å². The van der Waals surface area contributed by atoms with Crippen LogP contribution in [0.4, 0.5) is 10.1 Å². The molecule has 2 unspecified atom stereocenters. The van der Waals surface area contributed by atoms with Gasteiger partial charge in [-0.1, -0.05) is 25.6 Å². The third-order valence-corrected chi connectivity index (χ3v) is 4.78. The predicted octanol–water partition coefficient (Wildman–Crippen LogP) is 2.82. The molecule has 5 heteroatoms. The van der Waals surface area contributed by atoms with Crippen molar-refractivity contribution in [3.8, 4) is 11.5 Å². The predicted molar refractivity (Wildman–Crippen MR) is 84.5 cm³/mol. The summed E-state index contributed by atoms with van der Waals surface area (Å²) in [5, 5.41) is 0. The van der Waals surface area contributed by atoms with Gasteiger partial charge in [-0.25, -0.2) is 9.37 Å². The molecule has 0 amide bonds. The summed E-state index contributed by atoms with van der Waals surface area (Å²) in [6.45, 7) is 7.99. The van der Waals surface area contributed by atoms with Gasteiger partial charge in [0, 0.05) is 12.6 Å². The average Bonchev–Trinajstić information content (AvgIpc) is 2.46. The monoisotopic (exact) mass is 304 g/mol. The molecule has 3 aliphatic rings. The van der Waals surface area contributed by atoms with Crippen LogP contribution in [0.2, 0.25) is 19.6 Å². The molecule has 3 nitrogen and oxygen atoms in total. The Morgan fingerprint density at radius 3 is 2.71 bits per heavy atom. The first-order valence-electron chi connectivity index (χ1n) is 7.49. The lowest BCUT2D eigenvalue weighted by molar-refractivity contribution is -0.0225. The van der Waals surface area contributed by atoms with Crippen LogP contribution in [0.5, 0.6) is 0 Å². The van der Waals surface area contributed by atoms with E-state index >= 15 is 0 Å². The Balaban J connectivity index is 1.82. The number of halogens is 1. The normalized spacial score (nSPS) is 24.7. The smallest absolute Gasteiger partial charge is 0.159 e. The summed E-state index contributed by atoms with van der Waals surface area (Å²) in [7, 11) is -1.51. The highest BCUT2D eigenvalue weighted by Gasteiger charge is 2.34. The van der Waals surface area contributed by atoms with E-state index in [0.717, 1.165) is 31.7 Å². The van der Waals surface area contributed by atoms with Gasteiger partial charge in [0.2, 0.25) is 0 Å². The van der Waals surface area contributed by atoms with Crippen molar-refractivity contribution in [1.29, 1.82) is 0 Å². The van der Waals surface area contributed by atoms with Crippen LogP contribution in [0.1, 0.15) is 18.5 Å². The lowest BCUT2D eigenvalue weighted by Gasteiger charge is -2.46. The van der Waals surface area contributed by atoms with Gasteiger partial charge in [-0.3, -0.25) is 0 Å². The quantitative estimate of drug-likeness (QED) is 0.589. The summed E-state index contributed by atoms with van der Waals surface area (Å²) in [4.78, 5) is 6.46. The minimum Gasteiger partial charge on any atom is -0.374 e. The molecule has 0 N–H and O–H groups in total. The molecule has 3 fully saturated rings. The van der Waals surface area contributed by atoms with Crippen molar-refractivity contribution in [1.82, 2.24) is 4.98 Å². The van der Waals surface area contributed by atoms with Crippen molar-refractivity contribution in [2.75, 3.05) is 18.1 Å². The number of piperidine rings is 1. The van der Waals surface area contributed by atoms with Crippen molar-refractivity contribution in [3.63, 3.8) is 0 Å². The number of rotatable bonds is 1. The van der Waals surface area contributed by atoms with Crippen LogP contribution in [0.15, 0.2) is 12.3 Å². The maximum atomic E-state index is 14.2. The highest BCUT2D eigenvalue weighted by atomic mass is 28.3. The second-order valence-electron chi connectivity index (χ2n) is 6.86. The molecule has 3 aliphatic heterocycles. The SMILES string of the molecule is C[Si](C)(C)C#Cc1ncc(N2CC3CCC2CO3)cc1F. The lowest BCUT2D eigenvalue weighted by Crippen LogP contribution is -2.54. The van der Waals surface area contributed by atoms with Crippen LogP contribution in [0.3, 0.4) is 0 Å². The first-order valence-corrected chi connectivity index (χ1v) is 11.0. The molecule has 2 bridgehead atoms. The second kappa shape index (κ2) is 5.43. The minimum atomic E-state index is -1.51. The van der Waals surface area contributed by atoms with Crippen molar-refractivity contribution in [2.24, 2.45) is 0 Å². The lowest BCUT2D eigenvalue weighted by atomic mass is 9.96. The zero-order valence-corrected chi connectivity index (χ0v) is 13.8. The van der Waals surface area contributed by atoms with Crippen molar-refractivity contribution < 1.29 is 9.13 Å². The molecular formula is C16H21FN2OSi. The third-order valence-electron chi connectivity index (χ3n) is 3.90. The molecule has 0 radical (unpaired) electrons. The molecule has 0 aliphatic carbocycles. The number of fused-ring (bicyclic) bond motifs is 3. The van der Waals surface area contributed by atoms with Crippen molar-refractivity contribution >= 4 is 13.8 Å². The van der Waals surface area contributed by atoms with Gasteiger partial charge in [0.1, 0.15) is 13.8 Å². The molecule has 4 heterocycles. The van der Waals surface area contributed by atoms with E-state index in [4.69, 9.17) is 4.74 Å². The van der Waals surface area contributed by atoms with E-state index in [1.807, 2.05) is 0 Å². The Labute approximate surface area is 126 Å². The molecule has 3 saturated heterocycles. The van der Waals surface area contributed by atoms with Crippen LogP contribution < -0.4 is 4.90 Å². The number of hydrogen-bond acceptors (Lipinski definition) is 3. The Morgan fingerprint density at radius 1 is 1.38 bits per heavy atom. The Bertz CT molecular complexity index is 595. The molecule has 1 aromatic heterocycles. The van der Waals surface area contributed by atoms with Crippen molar-refractivity contribution in [3.05, 3.63) is 23.8 Å². The number of aromatic nitrogens is 1. The van der Waals surface area contributed by atoms with Gasteiger partial charge in [0.25, 0.3) is 0 Å². The molecule has 0 saturated carbocycles. The molecule has 0 aromatic carbocycles. The zero-order chi connectivity index (χ0) is 15.0. The number of morpholine rings is 1. The molecule has 21 heavy (non-hydrogen) atoms. The van der Waals surface area contributed by atoms with Crippen molar-refractivity contribution in [2.45, 2.75) is 44.6 Å². The number of pyridine rings is 1. The van der Waals surface area contributed by atoms with Crippen LogP contribution in [0.25, 0.3) is 0 Å². The summed E-state index contributed by atoms with van der Waals surface area (Å²) in [6.07, 6.45) is 4.25. The summed E-state index contributed by atoms with van der Waals surface area (Å²) < 4.78 is 19.9. The van der Waals surface area contributed by atoms with Gasteiger partial charge >= 0.3 is 0 Å². The molecule has 112 valence electrons. The van der Waals surface area contributed by atoms with E-state index in [2.05, 4.69) is 41.0 Å². The highest BCUT2D eigenvalue weighted by molar-refractivity contribution is 6.83. The number of ether oxygens (including phenoxy) is 1. The Kier molecular flexibility index (Phi) is 3.76. The standard InChI is InChI=1S/C16H21FN2OSi/c1-21(2,3)7-6-16-15(17)8-13(9-18-16)19-10-14-5-4-12(19)11-20-14/h8-9,12,14H,4-5,10-11H2,1-3H3. The molecule has 2 atom stereocenters. The van der Waals surface area contributed by atoms with Gasteiger partial charge in [-0.05, 0) is 12.8 Å². The summed E-state index contributed by atoms with van der Waals surface area (Å²) in [5.41, 5.74) is 4.27. The largest absolute Gasteiger partial charge is 0.374 e. The van der Waals surface area contributed by atoms with Gasteiger partial charge in [-0.2, -0.15) is 0 Å². The maximum Gasteiger partial charge on any atom is 0.159 e. The van der Waals surface area contributed by atoms with Crippen LogP contribution in [-0.2, 0) is 4.74 Å². The van der Waals surface area contributed by atoms with Crippen LogP contribution in [0, 0.1) is 17.3 Å². The fraction of sp³-hybridized carbons (Fsp3) is 0.562. The first kappa shape index (κ1) is 14.5. The van der Waals surface area contributed by atoms with E-state index in [0.29, 0.717) is 6.04 Å². The fourth-order valence-electron chi connectivity index (χ4n) is 2.79. The van der Waals surface area contributed by atoms with E-state index in [-0.39, 0.29) is 17.6 Å². The van der Waals surface area contributed by atoms with E-state index in [9.17, 15) is 4.39 Å². The summed E-state index contributed by atoms with van der Waals surface area (Å²) in [5.74, 6) is 2.58. The average molecular weight is 304 g/mol. The zero-order valence-electron chi connectivity index (χ0n) is 12.8. The van der Waals surface area contributed by atoms with Gasteiger partial charge in [-0.15, -0.1) is 5.54 Å². The Hall–Kier alpha value is -1.38. The fourth-order valence-corrected chi connectivity index (χ4v) is 3.28. The van der Waals surface area contributed by atoms with E-state index in [1.54, 1.807) is 12.3 Å². The maximum absolute atomic E-state index is 14.2. The topological polar surface area (TPSA) is 25.4 Å². The number of nitrogens with zero attached hydrogens (tertiary/aromatic N) is 2. The first-order chi connectivity index (χ1) is 9.92. The Morgan fingerprint density at radius 2 is 2.19 bits per heavy atom. The van der Waals surface area contributed by atoms with Gasteiger partial charge in [0.05, 0.1) is 30.6 Å².